The van der Waals surface area contributed by atoms with Crippen LogP contribution in [0.15, 0.2) is 23.1 Å². The first-order chi connectivity index (χ1) is 9.54. The minimum absolute atomic E-state index is 0.0849. The third-order valence-electron chi connectivity index (χ3n) is 3.63. The molecule has 1 aliphatic rings. The minimum atomic E-state index is -0.616. The zero-order valence-corrected chi connectivity index (χ0v) is 12.3. The molecule has 1 amide bonds. The Morgan fingerprint density at radius 1 is 1.30 bits per heavy atom. The predicted octanol–water partition coefficient (Wildman–Crippen LogP) is 3.75. The smallest absolute Gasteiger partial charge is 0.230 e. The van der Waals surface area contributed by atoms with Crippen LogP contribution in [0.4, 0.5) is 8.78 Å². The zero-order chi connectivity index (χ0) is 14.5. The fourth-order valence-corrected chi connectivity index (χ4v) is 3.14. The average Bonchev–Trinajstić information content (AvgIpc) is 2.40. The zero-order valence-electron chi connectivity index (χ0n) is 11.5. The van der Waals surface area contributed by atoms with Gasteiger partial charge in [0.05, 0.1) is 5.75 Å². The Kier molecular flexibility index (Phi) is 5.40. The fraction of sp³-hybridized carbons (Fsp3) is 0.533. The lowest BCUT2D eigenvalue weighted by molar-refractivity contribution is -0.119. The van der Waals surface area contributed by atoms with Crippen LogP contribution in [-0.2, 0) is 4.79 Å². The van der Waals surface area contributed by atoms with Gasteiger partial charge >= 0.3 is 0 Å². The van der Waals surface area contributed by atoms with Crippen molar-refractivity contribution in [3.05, 3.63) is 29.8 Å². The molecule has 20 heavy (non-hydrogen) atoms. The molecular weight excluding hydrogens is 280 g/mol. The summed E-state index contributed by atoms with van der Waals surface area (Å²) in [5, 5.41) is 2.98. The number of amides is 1. The molecule has 0 spiro atoms. The quantitative estimate of drug-likeness (QED) is 0.858. The van der Waals surface area contributed by atoms with Crippen LogP contribution in [0.5, 0.6) is 0 Å². The normalized spacial score (nSPS) is 22.6. The van der Waals surface area contributed by atoms with Crippen LogP contribution in [0, 0.1) is 17.6 Å². The molecule has 1 aromatic carbocycles. The molecule has 110 valence electrons. The van der Waals surface area contributed by atoms with Crippen LogP contribution in [0.3, 0.4) is 0 Å². The van der Waals surface area contributed by atoms with Gasteiger partial charge in [-0.3, -0.25) is 4.79 Å². The summed E-state index contributed by atoms with van der Waals surface area (Å²) >= 11 is 1.10. The highest BCUT2D eigenvalue weighted by molar-refractivity contribution is 8.00. The first-order valence-corrected chi connectivity index (χ1v) is 7.90. The molecule has 2 nitrogen and oxygen atoms in total. The van der Waals surface area contributed by atoms with E-state index in [0.29, 0.717) is 4.90 Å². The van der Waals surface area contributed by atoms with E-state index >= 15 is 0 Å². The van der Waals surface area contributed by atoms with Gasteiger partial charge in [-0.05, 0) is 43.7 Å². The number of carbonyl (C=O) groups is 1. The Morgan fingerprint density at radius 3 is 2.65 bits per heavy atom. The van der Waals surface area contributed by atoms with Gasteiger partial charge in [0.2, 0.25) is 5.91 Å². The van der Waals surface area contributed by atoms with Gasteiger partial charge in [-0.2, -0.15) is 0 Å². The third-order valence-corrected chi connectivity index (χ3v) is 4.68. The van der Waals surface area contributed by atoms with E-state index < -0.39 is 11.6 Å². The summed E-state index contributed by atoms with van der Waals surface area (Å²) in [6, 6.07) is 3.65. The summed E-state index contributed by atoms with van der Waals surface area (Å²) in [5.74, 6) is -0.403. The minimum Gasteiger partial charge on any atom is -0.353 e. The van der Waals surface area contributed by atoms with Gasteiger partial charge in [0, 0.05) is 17.0 Å². The molecule has 0 atom stereocenters. The van der Waals surface area contributed by atoms with Gasteiger partial charge in [0.15, 0.2) is 0 Å². The average molecular weight is 299 g/mol. The van der Waals surface area contributed by atoms with Crippen molar-refractivity contribution in [1.82, 2.24) is 5.32 Å². The van der Waals surface area contributed by atoms with Crippen molar-refractivity contribution in [3.63, 3.8) is 0 Å². The molecular formula is C15H19F2NOS. The van der Waals surface area contributed by atoms with E-state index in [-0.39, 0.29) is 17.7 Å². The van der Waals surface area contributed by atoms with Gasteiger partial charge in [-0.25, -0.2) is 8.78 Å². The molecule has 2 rings (SSSR count). The lowest BCUT2D eigenvalue weighted by atomic mass is 9.87. The maximum absolute atomic E-state index is 13.4. The van der Waals surface area contributed by atoms with Crippen LogP contribution >= 0.6 is 11.8 Å². The van der Waals surface area contributed by atoms with E-state index in [1.165, 1.54) is 12.1 Å². The van der Waals surface area contributed by atoms with E-state index in [1.54, 1.807) is 0 Å². The number of carbonyl (C=O) groups excluding carboxylic acids is 1. The van der Waals surface area contributed by atoms with Crippen LogP contribution in [0.25, 0.3) is 0 Å². The Balaban J connectivity index is 1.77. The molecule has 1 saturated carbocycles. The topological polar surface area (TPSA) is 29.1 Å². The summed E-state index contributed by atoms with van der Waals surface area (Å²) < 4.78 is 26.2. The first kappa shape index (κ1) is 15.3. The van der Waals surface area contributed by atoms with Crippen LogP contribution < -0.4 is 5.32 Å². The van der Waals surface area contributed by atoms with Crippen molar-refractivity contribution in [3.8, 4) is 0 Å². The first-order valence-electron chi connectivity index (χ1n) is 6.92. The molecule has 0 aromatic heterocycles. The van der Waals surface area contributed by atoms with Crippen LogP contribution in [0.2, 0.25) is 0 Å². The molecule has 0 aliphatic heterocycles. The molecule has 1 fully saturated rings. The van der Waals surface area contributed by atoms with Gasteiger partial charge in [0.25, 0.3) is 0 Å². The lowest BCUT2D eigenvalue weighted by Gasteiger charge is -2.26. The number of thioether (sulfide) groups is 1. The SMILES string of the molecule is CC1CCC(NC(=O)CSc2ccc(F)cc2F)CC1. The lowest BCUT2D eigenvalue weighted by Crippen LogP contribution is -2.38. The number of hydrogen-bond acceptors (Lipinski definition) is 2. The van der Waals surface area contributed by atoms with Crippen LogP contribution in [0.1, 0.15) is 32.6 Å². The number of halogens is 2. The summed E-state index contributed by atoms with van der Waals surface area (Å²) in [6.07, 6.45) is 4.32. The standard InChI is InChI=1S/C15H19F2NOS/c1-10-2-5-12(6-3-10)18-15(19)9-20-14-7-4-11(16)8-13(14)17/h4,7-8,10,12H,2-3,5-6,9H2,1H3,(H,18,19). The van der Waals surface area contributed by atoms with Crippen molar-refractivity contribution in [1.29, 1.82) is 0 Å². The highest BCUT2D eigenvalue weighted by Gasteiger charge is 2.19. The van der Waals surface area contributed by atoms with Crippen molar-refractivity contribution >= 4 is 17.7 Å². The molecule has 0 radical (unpaired) electrons. The maximum Gasteiger partial charge on any atom is 0.230 e. The maximum atomic E-state index is 13.4. The highest BCUT2D eigenvalue weighted by Crippen LogP contribution is 2.24. The molecule has 0 heterocycles. The van der Waals surface area contributed by atoms with Gasteiger partial charge in [-0.1, -0.05) is 6.92 Å². The van der Waals surface area contributed by atoms with Gasteiger partial charge < -0.3 is 5.32 Å². The second kappa shape index (κ2) is 7.07. The van der Waals surface area contributed by atoms with E-state index in [0.717, 1.165) is 49.4 Å². The Bertz CT molecular complexity index is 473. The predicted molar refractivity (Wildman–Crippen MR) is 76.6 cm³/mol. The highest BCUT2D eigenvalue weighted by atomic mass is 32.2. The monoisotopic (exact) mass is 299 g/mol. The molecule has 5 heteroatoms. The van der Waals surface area contributed by atoms with Crippen molar-refractivity contribution < 1.29 is 13.6 Å². The molecule has 0 bridgehead atoms. The Morgan fingerprint density at radius 2 is 2.00 bits per heavy atom. The largest absolute Gasteiger partial charge is 0.353 e. The van der Waals surface area contributed by atoms with Gasteiger partial charge in [-0.15, -0.1) is 11.8 Å². The summed E-state index contributed by atoms with van der Waals surface area (Å²) in [5.41, 5.74) is 0. The second-order valence-electron chi connectivity index (χ2n) is 5.39. The van der Waals surface area contributed by atoms with Crippen molar-refractivity contribution in [2.75, 3.05) is 5.75 Å². The molecule has 1 aliphatic carbocycles. The molecule has 0 saturated heterocycles. The van der Waals surface area contributed by atoms with Crippen LogP contribution in [-0.4, -0.2) is 17.7 Å². The summed E-state index contributed by atoms with van der Waals surface area (Å²) in [4.78, 5) is 12.1. The van der Waals surface area contributed by atoms with E-state index in [1.807, 2.05) is 0 Å². The van der Waals surface area contributed by atoms with E-state index in [9.17, 15) is 13.6 Å². The fourth-order valence-electron chi connectivity index (χ4n) is 2.41. The molecule has 0 unspecified atom stereocenters. The van der Waals surface area contributed by atoms with Crippen molar-refractivity contribution in [2.24, 2.45) is 5.92 Å². The molecule has 1 aromatic rings. The summed E-state index contributed by atoms with van der Waals surface area (Å²) in [7, 11) is 0. The van der Waals surface area contributed by atoms with Crippen molar-refractivity contribution in [2.45, 2.75) is 43.5 Å². The Hall–Kier alpha value is -1.10. The number of nitrogens with one attached hydrogen (secondary N) is 1. The van der Waals surface area contributed by atoms with E-state index in [4.69, 9.17) is 0 Å². The number of benzene rings is 1. The van der Waals surface area contributed by atoms with Gasteiger partial charge in [0.1, 0.15) is 11.6 Å². The number of rotatable bonds is 4. The second-order valence-corrected chi connectivity index (χ2v) is 6.40. The van der Waals surface area contributed by atoms with E-state index in [2.05, 4.69) is 12.2 Å². The number of hydrogen-bond donors (Lipinski definition) is 1. The third kappa shape index (κ3) is 4.47. The molecule has 1 N–H and O–H groups in total. The Labute approximate surface area is 122 Å². The summed E-state index contributed by atoms with van der Waals surface area (Å²) in [6.45, 7) is 2.23.